The number of nitrogens with one attached hydrogen (secondary N) is 1. The molecule has 6 nitrogen and oxygen atoms in total. The molecule has 4 rings (SSSR count). The van der Waals surface area contributed by atoms with E-state index >= 15 is 0 Å². The van der Waals surface area contributed by atoms with Gasteiger partial charge in [0.05, 0.1) is 11.1 Å². The number of carboxylic acid groups (broad SMARTS) is 1. The van der Waals surface area contributed by atoms with Gasteiger partial charge in [-0.2, -0.15) is 5.26 Å². The first-order chi connectivity index (χ1) is 15.0. The zero-order chi connectivity index (χ0) is 22.0. The highest BCUT2D eigenvalue weighted by molar-refractivity contribution is 5.94. The normalized spacial score (nSPS) is 15.4. The Kier molecular flexibility index (Phi) is 5.83. The molecule has 1 atom stereocenters. The fourth-order valence-corrected chi connectivity index (χ4v) is 4.16. The Bertz CT molecular complexity index is 1180. The highest BCUT2D eigenvalue weighted by atomic mass is 19.1. The maximum atomic E-state index is 14.4. The van der Waals surface area contributed by atoms with Crippen molar-refractivity contribution >= 4 is 22.6 Å². The average molecular weight is 419 g/mol. The van der Waals surface area contributed by atoms with Crippen LogP contribution in [0.25, 0.3) is 10.9 Å². The number of nitrogens with zero attached hydrogens (tertiary/aromatic N) is 2. The van der Waals surface area contributed by atoms with Gasteiger partial charge in [0.25, 0.3) is 0 Å². The Morgan fingerprint density at radius 3 is 2.74 bits per heavy atom. The number of anilines is 1. The van der Waals surface area contributed by atoms with Gasteiger partial charge in [-0.1, -0.05) is 12.1 Å². The third-order valence-corrected chi connectivity index (χ3v) is 5.72. The minimum atomic E-state index is -1.04. The number of ether oxygens (including phenoxy) is 1. The maximum absolute atomic E-state index is 14.4. The van der Waals surface area contributed by atoms with E-state index < -0.39 is 17.8 Å². The Balaban J connectivity index is 1.80. The van der Waals surface area contributed by atoms with E-state index in [1.807, 2.05) is 13.0 Å². The Morgan fingerprint density at radius 2 is 2.03 bits per heavy atom. The third kappa shape index (κ3) is 4.21. The molecule has 0 amide bonds. The molecule has 0 spiro atoms. The van der Waals surface area contributed by atoms with Gasteiger partial charge in [-0.05, 0) is 61.1 Å². The van der Waals surface area contributed by atoms with E-state index in [1.54, 1.807) is 18.2 Å². The molecule has 158 valence electrons. The largest absolute Gasteiger partial charge is 0.478 e. The van der Waals surface area contributed by atoms with Crippen LogP contribution in [0.2, 0.25) is 0 Å². The molecule has 1 aliphatic heterocycles. The van der Waals surface area contributed by atoms with Crippen LogP contribution in [0.5, 0.6) is 0 Å². The summed E-state index contributed by atoms with van der Waals surface area (Å²) in [6, 6.07) is 13.1. The Labute approximate surface area is 179 Å². The van der Waals surface area contributed by atoms with Crippen LogP contribution in [0.4, 0.5) is 10.1 Å². The fraction of sp³-hybridized carbons (Fsp3) is 0.292. The summed E-state index contributed by atoms with van der Waals surface area (Å²) in [5, 5.41) is 23.0. The van der Waals surface area contributed by atoms with Crippen molar-refractivity contribution in [2.24, 2.45) is 0 Å². The number of hydrogen-bond donors (Lipinski definition) is 2. The van der Waals surface area contributed by atoms with Crippen molar-refractivity contribution in [1.82, 2.24) is 4.98 Å². The number of pyridine rings is 1. The fourth-order valence-electron chi connectivity index (χ4n) is 4.16. The van der Waals surface area contributed by atoms with E-state index in [2.05, 4.69) is 16.4 Å². The monoisotopic (exact) mass is 419 g/mol. The number of aromatic nitrogens is 1. The number of carbonyl (C=O) groups is 1. The first-order valence-electron chi connectivity index (χ1n) is 10.2. The molecule has 2 heterocycles. The second-order valence-electron chi connectivity index (χ2n) is 7.70. The van der Waals surface area contributed by atoms with Crippen LogP contribution >= 0.6 is 0 Å². The molecule has 31 heavy (non-hydrogen) atoms. The Morgan fingerprint density at radius 1 is 1.29 bits per heavy atom. The van der Waals surface area contributed by atoms with Crippen LogP contribution in [0.1, 0.15) is 58.9 Å². The van der Waals surface area contributed by atoms with Gasteiger partial charge in [-0.15, -0.1) is 0 Å². The predicted octanol–water partition coefficient (Wildman–Crippen LogP) is 5.01. The summed E-state index contributed by atoms with van der Waals surface area (Å²) in [5.41, 5.74) is 2.81. The molecule has 1 aliphatic rings. The highest BCUT2D eigenvalue weighted by Gasteiger charge is 2.23. The molecule has 3 aromatic rings. The molecule has 0 radical (unpaired) electrons. The first kappa shape index (κ1) is 20.8. The lowest BCUT2D eigenvalue weighted by atomic mass is 9.88. The van der Waals surface area contributed by atoms with Crippen LogP contribution in [-0.2, 0) is 4.74 Å². The van der Waals surface area contributed by atoms with E-state index in [9.17, 15) is 19.6 Å². The lowest BCUT2D eigenvalue weighted by Crippen LogP contribution is -2.16. The molecule has 7 heteroatoms. The number of para-hydroxylation sites is 1. The van der Waals surface area contributed by atoms with Crippen molar-refractivity contribution in [3.05, 3.63) is 70.7 Å². The van der Waals surface area contributed by atoms with Gasteiger partial charge in [-0.3, -0.25) is 0 Å². The molecule has 0 saturated carbocycles. The van der Waals surface area contributed by atoms with E-state index in [1.165, 1.54) is 18.2 Å². The number of rotatable bonds is 5. The summed E-state index contributed by atoms with van der Waals surface area (Å²) in [4.78, 5) is 16.0. The van der Waals surface area contributed by atoms with Crippen molar-refractivity contribution < 1.29 is 19.0 Å². The van der Waals surface area contributed by atoms with Crippen LogP contribution < -0.4 is 5.32 Å². The summed E-state index contributed by atoms with van der Waals surface area (Å²) in [7, 11) is 0. The number of aromatic carboxylic acids is 1. The van der Waals surface area contributed by atoms with Gasteiger partial charge < -0.3 is 15.2 Å². The first-order valence-corrected chi connectivity index (χ1v) is 10.2. The molecule has 2 N–H and O–H groups in total. The second kappa shape index (κ2) is 8.70. The molecule has 0 aliphatic carbocycles. The minimum absolute atomic E-state index is 0.142. The Hall–Kier alpha value is -3.50. The van der Waals surface area contributed by atoms with E-state index in [0.29, 0.717) is 35.7 Å². The van der Waals surface area contributed by atoms with Crippen LogP contribution in [-0.4, -0.2) is 29.3 Å². The standard InChI is InChI=1S/C24H22FN3O3/c1-14(27-21-5-3-2-4-17(21)24(29)30)18-10-16(25)11-22-20(18)12-19(23(13-26)28-22)15-6-8-31-9-7-15/h2-5,10-12,14-15,27H,6-9H2,1H3,(H,29,30)/t14-/m1/s1. The number of fused-ring (bicyclic) bond motifs is 1. The summed E-state index contributed by atoms with van der Waals surface area (Å²) in [6.07, 6.45) is 1.61. The molecular weight excluding hydrogens is 397 g/mol. The van der Waals surface area contributed by atoms with E-state index in [4.69, 9.17) is 4.74 Å². The molecule has 2 aromatic carbocycles. The van der Waals surface area contributed by atoms with E-state index in [-0.39, 0.29) is 11.5 Å². The quantitative estimate of drug-likeness (QED) is 0.604. The second-order valence-corrected chi connectivity index (χ2v) is 7.70. The number of carboxylic acids is 1. The minimum Gasteiger partial charge on any atom is -0.478 e. The van der Waals surface area contributed by atoms with Gasteiger partial charge in [-0.25, -0.2) is 14.2 Å². The number of hydrogen-bond acceptors (Lipinski definition) is 5. The van der Waals surface area contributed by atoms with Crippen molar-refractivity contribution in [3.63, 3.8) is 0 Å². The predicted molar refractivity (Wildman–Crippen MR) is 115 cm³/mol. The molecule has 0 bridgehead atoms. The third-order valence-electron chi connectivity index (χ3n) is 5.72. The van der Waals surface area contributed by atoms with Gasteiger partial charge >= 0.3 is 5.97 Å². The van der Waals surface area contributed by atoms with Gasteiger partial charge in [0.1, 0.15) is 17.6 Å². The molecule has 0 unspecified atom stereocenters. The van der Waals surface area contributed by atoms with Crippen LogP contribution in [0.15, 0.2) is 42.5 Å². The topological polar surface area (TPSA) is 95.2 Å². The number of benzene rings is 2. The molecular formula is C24H22FN3O3. The summed E-state index contributed by atoms with van der Waals surface area (Å²) in [6.45, 7) is 3.11. The molecule has 1 fully saturated rings. The van der Waals surface area contributed by atoms with Crippen molar-refractivity contribution in [2.75, 3.05) is 18.5 Å². The van der Waals surface area contributed by atoms with Crippen molar-refractivity contribution in [1.29, 1.82) is 5.26 Å². The van der Waals surface area contributed by atoms with Crippen molar-refractivity contribution in [3.8, 4) is 6.07 Å². The lowest BCUT2D eigenvalue weighted by Gasteiger charge is -2.24. The number of nitriles is 1. The van der Waals surface area contributed by atoms with Crippen LogP contribution in [0, 0.1) is 17.1 Å². The number of halogens is 1. The SMILES string of the molecule is C[C@@H](Nc1ccccc1C(=O)O)c1cc(F)cc2nc(C#N)c(C3CCOCC3)cc12. The molecule has 1 aromatic heterocycles. The lowest BCUT2D eigenvalue weighted by molar-refractivity contribution is 0.0698. The van der Waals surface area contributed by atoms with E-state index in [0.717, 1.165) is 23.8 Å². The highest BCUT2D eigenvalue weighted by Crippen LogP contribution is 2.34. The van der Waals surface area contributed by atoms with Gasteiger partial charge in [0.2, 0.25) is 0 Å². The smallest absolute Gasteiger partial charge is 0.337 e. The van der Waals surface area contributed by atoms with Gasteiger partial charge in [0.15, 0.2) is 0 Å². The average Bonchev–Trinajstić information content (AvgIpc) is 2.78. The summed E-state index contributed by atoms with van der Waals surface area (Å²) < 4.78 is 19.9. The zero-order valence-corrected chi connectivity index (χ0v) is 17.1. The summed E-state index contributed by atoms with van der Waals surface area (Å²) >= 11 is 0. The van der Waals surface area contributed by atoms with Crippen molar-refractivity contribution in [2.45, 2.75) is 31.7 Å². The molecule has 1 saturated heterocycles. The maximum Gasteiger partial charge on any atom is 0.337 e. The zero-order valence-electron chi connectivity index (χ0n) is 17.1. The van der Waals surface area contributed by atoms with Crippen LogP contribution in [0.3, 0.4) is 0 Å². The van der Waals surface area contributed by atoms with Gasteiger partial charge in [0, 0.05) is 36.4 Å². The summed E-state index contributed by atoms with van der Waals surface area (Å²) in [5.74, 6) is -1.34.